The third kappa shape index (κ3) is 2.56. The molecule has 0 saturated heterocycles. The molecular weight excluding hydrogens is 341 g/mol. The van der Waals surface area contributed by atoms with Crippen LogP contribution < -0.4 is 0 Å². The lowest BCUT2D eigenvalue weighted by Crippen LogP contribution is -2.49. The molecule has 24 heavy (non-hydrogen) atoms. The van der Waals surface area contributed by atoms with Crippen LogP contribution in [0.15, 0.2) is 36.5 Å². The molecule has 1 N–H and O–H groups in total. The molecule has 1 heterocycles. The Hall–Kier alpha value is -1.09. The zero-order chi connectivity index (χ0) is 16.7. The summed E-state index contributed by atoms with van der Waals surface area (Å²) >= 11 is 12.3. The van der Waals surface area contributed by atoms with Crippen molar-refractivity contribution in [3.63, 3.8) is 0 Å². The molecule has 1 fully saturated rings. The Morgan fingerprint density at radius 3 is 2.67 bits per heavy atom. The van der Waals surface area contributed by atoms with Gasteiger partial charge in [0.15, 0.2) is 0 Å². The molecular formula is C20H21Cl2NO. The van der Waals surface area contributed by atoms with E-state index in [0.717, 1.165) is 49.8 Å². The number of halogens is 2. The Labute approximate surface area is 152 Å². The number of hydrogen-bond donors (Lipinski definition) is 1. The molecule has 0 radical (unpaired) electrons. The number of aliphatic hydroxyl groups is 1. The quantitative estimate of drug-likeness (QED) is 0.805. The molecule has 2 aromatic rings. The molecule has 0 amide bonds. The number of aromatic nitrogens is 1. The number of aliphatic hydroxyl groups excluding tert-OH is 1. The van der Waals surface area contributed by atoms with Gasteiger partial charge in [0.1, 0.15) is 0 Å². The molecule has 0 bridgehead atoms. The summed E-state index contributed by atoms with van der Waals surface area (Å²) in [5.74, 6) is 0.102. The van der Waals surface area contributed by atoms with Gasteiger partial charge in [-0.05, 0) is 61.4 Å². The van der Waals surface area contributed by atoms with Crippen LogP contribution in [0.3, 0.4) is 0 Å². The maximum Gasteiger partial charge on any atom is 0.0720 e. The van der Waals surface area contributed by atoms with Crippen molar-refractivity contribution in [1.82, 2.24) is 4.98 Å². The number of pyridine rings is 1. The second-order valence-corrected chi connectivity index (χ2v) is 7.94. The van der Waals surface area contributed by atoms with Gasteiger partial charge in [0.25, 0.3) is 0 Å². The van der Waals surface area contributed by atoms with E-state index in [1.165, 1.54) is 5.56 Å². The van der Waals surface area contributed by atoms with Gasteiger partial charge in [-0.25, -0.2) is 0 Å². The summed E-state index contributed by atoms with van der Waals surface area (Å²) < 4.78 is 0. The van der Waals surface area contributed by atoms with Gasteiger partial charge in [-0.3, -0.25) is 4.98 Å². The molecule has 2 nitrogen and oxygen atoms in total. The van der Waals surface area contributed by atoms with Crippen molar-refractivity contribution in [3.05, 3.63) is 63.4 Å². The van der Waals surface area contributed by atoms with Crippen molar-refractivity contribution in [2.45, 2.75) is 56.0 Å². The van der Waals surface area contributed by atoms with Gasteiger partial charge < -0.3 is 5.11 Å². The predicted octanol–water partition coefficient (Wildman–Crippen LogP) is 5.29. The number of benzene rings is 1. The van der Waals surface area contributed by atoms with Crippen molar-refractivity contribution in [1.29, 1.82) is 0 Å². The van der Waals surface area contributed by atoms with Crippen LogP contribution in [-0.4, -0.2) is 16.2 Å². The van der Waals surface area contributed by atoms with E-state index in [2.05, 4.69) is 11.1 Å². The second kappa shape index (κ2) is 6.33. The first-order valence-corrected chi connectivity index (χ1v) is 9.45. The smallest absolute Gasteiger partial charge is 0.0720 e. The summed E-state index contributed by atoms with van der Waals surface area (Å²) in [6.45, 7) is 0. The maximum atomic E-state index is 11.4. The van der Waals surface area contributed by atoms with Crippen molar-refractivity contribution in [2.75, 3.05) is 0 Å². The first-order valence-electron chi connectivity index (χ1n) is 8.69. The summed E-state index contributed by atoms with van der Waals surface area (Å²) in [7, 11) is 0. The third-order valence-corrected chi connectivity index (χ3v) is 6.67. The maximum absolute atomic E-state index is 11.4. The number of aryl methyl sites for hydroxylation is 1. The van der Waals surface area contributed by atoms with Crippen LogP contribution in [0.1, 0.15) is 54.8 Å². The van der Waals surface area contributed by atoms with E-state index >= 15 is 0 Å². The van der Waals surface area contributed by atoms with Crippen LogP contribution >= 0.6 is 23.2 Å². The predicted molar refractivity (Wildman–Crippen MR) is 97.9 cm³/mol. The van der Waals surface area contributed by atoms with Gasteiger partial charge in [-0.2, -0.15) is 0 Å². The van der Waals surface area contributed by atoms with Gasteiger partial charge >= 0.3 is 0 Å². The molecule has 1 saturated carbocycles. The normalized spacial score (nSPS) is 23.2. The van der Waals surface area contributed by atoms with Gasteiger partial charge in [-0.15, -0.1) is 0 Å². The zero-order valence-electron chi connectivity index (χ0n) is 13.5. The lowest BCUT2D eigenvalue weighted by atomic mass is 9.57. The highest BCUT2D eigenvalue weighted by molar-refractivity contribution is 6.42. The lowest BCUT2D eigenvalue weighted by molar-refractivity contribution is 0.00321. The van der Waals surface area contributed by atoms with E-state index < -0.39 is 6.10 Å². The van der Waals surface area contributed by atoms with Crippen molar-refractivity contribution in [3.8, 4) is 0 Å². The Bertz CT molecular complexity index is 757. The molecule has 0 spiro atoms. The van der Waals surface area contributed by atoms with E-state index in [1.807, 2.05) is 30.5 Å². The summed E-state index contributed by atoms with van der Waals surface area (Å²) in [5.41, 5.74) is 3.27. The summed E-state index contributed by atoms with van der Waals surface area (Å²) in [5, 5.41) is 12.5. The monoisotopic (exact) mass is 361 g/mol. The topological polar surface area (TPSA) is 33.1 Å². The molecule has 126 valence electrons. The van der Waals surface area contributed by atoms with E-state index in [9.17, 15) is 5.11 Å². The second-order valence-electron chi connectivity index (χ2n) is 7.13. The Balaban J connectivity index is 1.72. The number of rotatable bonds is 3. The van der Waals surface area contributed by atoms with Gasteiger partial charge in [0, 0.05) is 23.2 Å². The third-order valence-electron chi connectivity index (χ3n) is 5.93. The molecule has 0 aliphatic heterocycles. The first kappa shape index (κ1) is 16.4. The standard InChI is InChI=1S/C20H21Cl2NO/c21-16-8-7-14(12-17(16)22)20(9-3-10-20)19(24)15-6-1-4-13-5-2-11-23-18(13)15/h2,5,7-8,11-12,15,19,24H,1,3-4,6,9-10H2. The highest BCUT2D eigenvalue weighted by Crippen LogP contribution is 2.52. The number of nitrogens with zero attached hydrogens (tertiary/aromatic N) is 1. The minimum absolute atomic E-state index is 0.102. The van der Waals surface area contributed by atoms with Gasteiger partial charge in [0.05, 0.1) is 16.1 Å². The average molecular weight is 362 g/mol. The van der Waals surface area contributed by atoms with Gasteiger partial charge in [-0.1, -0.05) is 41.8 Å². The van der Waals surface area contributed by atoms with E-state index in [4.69, 9.17) is 23.2 Å². The van der Waals surface area contributed by atoms with Crippen LogP contribution in [0.25, 0.3) is 0 Å². The van der Waals surface area contributed by atoms with E-state index in [1.54, 1.807) is 0 Å². The first-order chi connectivity index (χ1) is 11.6. The van der Waals surface area contributed by atoms with Gasteiger partial charge in [0.2, 0.25) is 0 Å². The SMILES string of the molecule is OC(C1CCCc2cccnc21)C1(c2ccc(Cl)c(Cl)c2)CCC1. The number of hydrogen-bond acceptors (Lipinski definition) is 2. The molecule has 1 aromatic heterocycles. The lowest BCUT2D eigenvalue weighted by Gasteiger charge is -2.49. The molecule has 4 rings (SSSR count). The summed E-state index contributed by atoms with van der Waals surface area (Å²) in [6.07, 6.45) is 7.70. The molecule has 2 atom stereocenters. The van der Waals surface area contributed by atoms with Crippen LogP contribution in [0.2, 0.25) is 10.0 Å². The average Bonchev–Trinajstić information content (AvgIpc) is 2.56. The molecule has 2 unspecified atom stereocenters. The van der Waals surface area contributed by atoms with Crippen molar-refractivity contribution >= 4 is 23.2 Å². The molecule has 2 aliphatic rings. The molecule has 4 heteroatoms. The van der Waals surface area contributed by atoms with Crippen LogP contribution in [0.4, 0.5) is 0 Å². The Kier molecular flexibility index (Phi) is 4.32. The largest absolute Gasteiger partial charge is 0.392 e. The highest BCUT2D eigenvalue weighted by atomic mass is 35.5. The summed E-state index contributed by atoms with van der Waals surface area (Å²) in [6, 6.07) is 9.95. The fourth-order valence-corrected chi connectivity index (χ4v) is 4.75. The van der Waals surface area contributed by atoms with E-state index in [0.29, 0.717) is 10.0 Å². The van der Waals surface area contributed by atoms with Crippen LogP contribution in [0.5, 0.6) is 0 Å². The Morgan fingerprint density at radius 1 is 1.12 bits per heavy atom. The van der Waals surface area contributed by atoms with Crippen molar-refractivity contribution < 1.29 is 5.11 Å². The minimum Gasteiger partial charge on any atom is -0.392 e. The summed E-state index contributed by atoms with van der Waals surface area (Å²) in [4.78, 5) is 4.61. The molecule has 2 aliphatic carbocycles. The Morgan fingerprint density at radius 2 is 1.96 bits per heavy atom. The van der Waals surface area contributed by atoms with E-state index in [-0.39, 0.29) is 11.3 Å². The minimum atomic E-state index is -0.433. The fourth-order valence-electron chi connectivity index (χ4n) is 4.46. The highest BCUT2D eigenvalue weighted by Gasteiger charge is 2.49. The number of fused-ring (bicyclic) bond motifs is 1. The molecule has 1 aromatic carbocycles. The van der Waals surface area contributed by atoms with Crippen LogP contribution in [-0.2, 0) is 11.8 Å². The van der Waals surface area contributed by atoms with Crippen LogP contribution in [0, 0.1) is 0 Å². The fraction of sp³-hybridized carbons (Fsp3) is 0.450. The zero-order valence-corrected chi connectivity index (χ0v) is 15.0. The van der Waals surface area contributed by atoms with Crippen molar-refractivity contribution in [2.24, 2.45) is 0 Å².